The van der Waals surface area contributed by atoms with Crippen molar-refractivity contribution in [1.29, 1.82) is 0 Å². The summed E-state index contributed by atoms with van der Waals surface area (Å²) in [6.45, 7) is -0.139. The van der Waals surface area contributed by atoms with Gasteiger partial charge in [0.05, 0.1) is 4.90 Å². The number of hydrogen-bond donors (Lipinski definition) is 2. The van der Waals surface area contributed by atoms with Gasteiger partial charge in [0.1, 0.15) is 17.7 Å². The van der Waals surface area contributed by atoms with Crippen molar-refractivity contribution in [2.45, 2.75) is 10.9 Å². The Labute approximate surface area is 212 Å². The molecule has 36 heavy (non-hydrogen) atoms. The normalized spacial score (nSPS) is 19.6. The first kappa shape index (κ1) is 24.2. The van der Waals surface area contributed by atoms with Gasteiger partial charge in [-0.2, -0.15) is 4.31 Å². The standard InChI is InChI=1S/C26H21ClF2N4O2S/c27-18-9-11-19(12-10-18)36(34,35)33-14-17(13-16-5-1-3-7-22(16)28)24-21(15-33)25(32-26(30)31-24)20-6-2-4-8-23(20)29/h1-13,25H,14-15H2,(H3,30,31,32)/b17-13+. The molecule has 1 atom stereocenters. The Hall–Kier alpha value is -3.53. The third-order valence-corrected chi connectivity index (χ3v) is 8.13. The Balaban J connectivity index is 1.67. The zero-order chi connectivity index (χ0) is 25.4. The van der Waals surface area contributed by atoms with Crippen molar-refractivity contribution in [3.05, 3.63) is 117 Å². The first-order valence-electron chi connectivity index (χ1n) is 11.0. The second-order valence-electron chi connectivity index (χ2n) is 8.38. The molecule has 3 aromatic rings. The number of hydrogen-bond acceptors (Lipinski definition) is 5. The van der Waals surface area contributed by atoms with Crippen molar-refractivity contribution in [3.63, 3.8) is 0 Å². The van der Waals surface area contributed by atoms with E-state index in [0.717, 1.165) is 0 Å². The number of nitrogens with two attached hydrogens (primary N) is 1. The zero-order valence-electron chi connectivity index (χ0n) is 18.8. The molecule has 2 heterocycles. The minimum Gasteiger partial charge on any atom is -0.370 e. The minimum atomic E-state index is -3.99. The molecule has 0 radical (unpaired) electrons. The summed E-state index contributed by atoms with van der Waals surface area (Å²) < 4.78 is 57.9. The Bertz CT molecular complexity index is 1540. The average Bonchev–Trinajstić information content (AvgIpc) is 2.86. The third kappa shape index (κ3) is 4.53. The molecule has 3 N–H and O–H groups in total. The Kier molecular flexibility index (Phi) is 6.38. The molecule has 0 fully saturated rings. The van der Waals surface area contributed by atoms with Crippen LogP contribution < -0.4 is 11.1 Å². The van der Waals surface area contributed by atoms with Crippen molar-refractivity contribution in [3.8, 4) is 0 Å². The Morgan fingerprint density at radius 2 is 1.64 bits per heavy atom. The predicted octanol–water partition coefficient (Wildman–Crippen LogP) is 4.62. The molecule has 0 saturated carbocycles. The maximum absolute atomic E-state index is 14.8. The molecule has 0 aromatic heterocycles. The minimum absolute atomic E-state index is 0.0513. The Morgan fingerprint density at radius 3 is 2.33 bits per heavy atom. The van der Waals surface area contributed by atoms with Crippen LogP contribution in [0.2, 0.25) is 5.02 Å². The number of rotatable bonds is 4. The van der Waals surface area contributed by atoms with E-state index in [9.17, 15) is 17.2 Å². The first-order chi connectivity index (χ1) is 17.2. The Morgan fingerprint density at radius 1 is 0.972 bits per heavy atom. The number of guanidine groups is 1. The maximum atomic E-state index is 14.8. The highest BCUT2D eigenvalue weighted by Crippen LogP contribution is 2.39. The van der Waals surface area contributed by atoms with Crippen LogP contribution >= 0.6 is 11.6 Å². The lowest BCUT2D eigenvalue weighted by Crippen LogP contribution is -2.46. The lowest BCUT2D eigenvalue weighted by atomic mass is 9.90. The van der Waals surface area contributed by atoms with Crippen LogP contribution in [0.3, 0.4) is 0 Å². The number of aliphatic imine (C=N–C) groups is 1. The van der Waals surface area contributed by atoms with Gasteiger partial charge in [0.25, 0.3) is 0 Å². The van der Waals surface area contributed by atoms with Gasteiger partial charge >= 0.3 is 0 Å². The smallest absolute Gasteiger partial charge is 0.243 e. The van der Waals surface area contributed by atoms with E-state index in [1.54, 1.807) is 42.5 Å². The SMILES string of the molecule is NC1=NC(c2ccccc2F)C2=C(N1)/C(=C/c1ccccc1F)CN(S(=O)(=O)c1ccc(Cl)cc1)C2. The van der Waals surface area contributed by atoms with Crippen molar-refractivity contribution < 1.29 is 17.2 Å². The number of nitrogens with one attached hydrogen (secondary N) is 1. The van der Waals surface area contributed by atoms with Crippen LogP contribution in [-0.2, 0) is 10.0 Å². The molecule has 184 valence electrons. The van der Waals surface area contributed by atoms with E-state index in [-0.39, 0.29) is 35.1 Å². The quantitative estimate of drug-likeness (QED) is 0.519. The largest absolute Gasteiger partial charge is 0.370 e. The van der Waals surface area contributed by atoms with Crippen LogP contribution in [0.25, 0.3) is 6.08 Å². The van der Waals surface area contributed by atoms with Crippen molar-refractivity contribution in [1.82, 2.24) is 9.62 Å². The summed E-state index contributed by atoms with van der Waals surface area (Å²) in [5.74, 6) is -0.909. The lowest BCUT2D eigenvalue weighted by Gasteiger charge is -2.37. The predicted molar refractivity (Wildman–Crippen MR) is 136 cm³/mol. The zero-order valence-corrected chi connectivity index (χ0v) is 20.4. The highest BCUT2D eigenvalue weighted by atomic mass is 35.5. The molecule has 0 aliphatic carbocycles. The highest BCUT2D eigenvalue weighted by Gasteiger charge is 2.38. The van der Waals surface area contributed by atoms with E-state index in [1.165, 1.54) is 40.7 Å². The van der Waals surface area contributed by atoms with Gasteiger partial charge in [-0.05, 0) is 53.6 Å². The van der Waals surface area contributed by atoms with E-state index in [2.05, 4.69) is 10.3 Å². The van der Waals surface area contributed by atoms with Gasteiger partial charge in [-0.1, -0.05) is 48.0 Å². The molecular weight excluding hydrogens is 506 g/mol. The number of benzene rings is 3. The summed E-state index contributed by atoms with van der Waals surface area (Å²) in [7, 11) is -3.99. The maximum Gasteiger partial charge on any atom is 0.243 e. The molecule has 0 saturated heterocycles. The lowest BCUT2D eigenvalue weighted by molar-refractivity contribution is 0.434. The van der Waals surface area contributed by atoms with Gasteiger partial charge in [0, 0.05) is 34.9 Å². The van der Waals surface area contributed by atoms with E-state index in [4.69, 9.17) is 17.3 Å². The fourth-order valence-corrected chi connectivity index (χ4v) is 5.86. The summed E-state index contributed by atoms with van der Waals surface area (Å²) in [5.41, 5.74) is 8.07. The summed E-state index contributed by atoms with van der Waals surface area (Å²) >= 11 is 5.95. The van der Waals surface area contributed by atoms with Gasteiger partial charge in [-0.3, -0.25) is 0 Å². The molecule has 10 heteroatoms. The molecular formula is C26H21ClF2N4O2S. The van der Waals surface area contributed by atoms with Crippen LogP contribution in [0.4, 0.5) is 8.78 Å². The van der Waals surface area contributed by atoms with Crippen LogP contribution in [0, 0.1) is 11.6 Å². The second kappa shape index (κ2) is 9.50. The van der Waals surface area contributed by atoms with Crippen LogP contribution in [0.15, 0.2) is 99.5 Å². The average molecular weight is 527 g/mol. The molecule has 2 aliphatic rings. The fourth-order valence-electron chi connectivity index (χ4n) is 4.34. The van der Waals surface area contributed by atoms with Gasteiger partial charge in [0.15, 0.2) is 5.96 Å². The van der Waals surface area contributed by atoms with E-state index in [1.807, 2.05) is 0 Å². The second-order valence-corrected chi connectivity index (χ2v) is 10.8. The molecule has 0 amide bonds. The van der Waals surface area contributed by atoms with E-state index < -0.39 is 27.7 Å². The summed E-state index contributed by atoms with van der Waals surface area (Å²) in [5, 5.41) is 3.40. The van der Waals surface area contributed by atoms with Crippen LogP contribution in [-0.4, -0.2) is 31.8 Å². The van der Waals surface area contributed by atoms with Crippen molar-refractivity contribution in [2.75, 3.05) is 13.1 Å². The van der Waals surface area contributed by atoms with E-state index in [0.29, 0.717) is 21.9 Å². The molecule has 1 unspecified atom stereocenters. The molecule has 2 aliphatic heterocycles. The monoisotopic (exact) mass is 526 g/mol. The van der Waals surface area contributed by atoms with Crippen molar-refractivity contribution in [2.24, 2.45) is 10.7 Å². The van der Waals surface area contributed by atoms with Gasteiger partial charge in [-0.25, -0.2) is 22.2 Å². The first-order valence-corrected chi connectivity index (χ1v) is 12.8. The fraction of sp³-hybridized carbons (Fsp3) is 0.115. The van der Waals surface area contributed by atoms with Gasteiger partial charge < -0.3 is 11.1 Å². The molecule has 3 aromatic carbocycles. The highest BCUT2D eigenvalue weighted by molar-refractivity contribution is 7.89. The molecule has 6 nitrogen and oxygen atoms in total. The third-order valence-electron chi connectivity index (χ3n) is 6.07. The van der Waals surface area contributed by atoms with Crippen LogP contribution in [0.1, 0.15) is 17.2 Å². The van der Waals surface area contributed by atoms with E-state index >= 15 is 0 Å². The van der Waals surface area contributed by atoms with Gasteiger partial charge in [0.2, 0.25) is 10.0 Å². The number of halogens is 3. The summed E-state index contributed by atoms with van der Waals surface area (Å²) in [4.78, 5) is 4.45. The van der Waals surface area contributed by atoms with Crippen LogP contribution in [0.5, 0.6) is 0 Å². The summed E-state index contributed by atoms with van der Waals surface area (Å²) in [6, 6.07) is 17.2. The van der Waals surface area contributed by atoms with Gasteiger partial charge in [-0.15, -0.1) is 0 Å². The molecule has 0 spiro atoms. The van der Waals surface area contributed by atoms with Crippen molar-refractivity contribution >= 4 is 33.7 Å². The molecule has 0 bridgehead atoms. The molecule has 5 rings (SSSR count). The number of nitrogens with zero attached hydrogens (tertiary/aromatic N) is 2. The summed E-state index contributed by atoms with van der Waals surface area (Å²) in [6.07, 6.45) is 1.57. The number of sulfonamides is 1. The topological polar surface area (TPSA) is 87.8 Å².